The molecule has 2 aliphatic heterocycles. The molecule has 0 saturated carbocycles. The number of benzene rings is 2. The monoisotopic (exact) mass is 1210 g/mol. The second-order valence-electron chi connectivity index (χ2n) is 19.8. The fraction of sp³-hybridized carbons (Fsp3) is 0.300. The van der Waals surface area contributed by atoms with Crippen LogP contribution >= 0.6 is 25.9 Å². The highest BCUT2D eigenvalue weighted by atomic mass is 35.5. The molecule has 0 radical (unpaired) electrons. The van der Waals surface area contributed by atoms with Gasteiger partial charge in [0.1, 0.15) is 25.4 Å². The Morgan fingerprint density at radius 2 is 1.12 bits per heavy atom. The first-order chi connectivity index (χ1) is 39.0. The molecule has 23 heteroatoms. The fourth-order valence-corrected chi connectivity index (χ4v) is 10.0. The van der Waals surface area contributed by atoms with E-state index in [1.54, 1.807) is 47.7 Å². The number of pyridine rings is 4. The smallest absolute Gasteiger partial charge is 0.323 e. The number of nitrogens with one attached hydrogen (secondary N) is 1. The molecule has 6 N–H and O–H groups in total. The van der Waals surface area contributed by atoms with Crippen LogP contribution in [0.2, 0.25) is 0 Å². The van der Waals surface area contributed by atoms with E-state index in [0.29, 0.717) is 70.9 Å². The topological polar surface area (TPSA) is 251 Å². The lowest BCUT2D eigenvalue weighted by molar-refractivity contribution is -0.139. The van der Waals surface area contributed by atoms with Crippen LogP contribution in [0.25, 0.3) is 44.1 Å². The van der Waals surface area contributed by atoms with Gasteiger partial charge in [-0.1, -0.05) is 36.4 Å². The largest absolute Gasteiger partial charge is 0.480 e. The summed E-state index contributed by atoms with van der Waals surface area (Å²) in [7, 11) is 0. The third-order valence-electron chi connectivity index (χ3n) is 14.0. The number of aliphatic carboxylic acids is 1. The zero-order valence-corrected chi connectivity index (χ0v) is 49.1. The minimum absolute atomic E-state index is 0. The zero-order chi connectivity index (χ0) is 58.2. The number of rotatable bonds is 14. The molecule has 83 heavy (non-hydrogen) atoms. The Bertz CT molecular complexity index is 3540. The minimum atomic E-state index is -1.07. The number of amides is 3. The number of likely N-dealkylation sites (tertiary alicyclic amines) is 1. The SMILES string of the molecule is Cc1cccc(CC(=O)[C@@H]2CCC(F)CCN2)n1.Cc1cccc(CC(=O)[C@@H]2CCC(F)CCN2C(=O)Cn2cc(C(N)=O)c3cc(-c4cccnc4)ccc32)n1.Cl.NC(=O)c1cn(CC(=O)O)c2ccc(-c3cccnc3)cc12.S.S=S. The predicted molar refractivity (Wildman–Crippen MR) is 328 cm³/mol. The predicted octanol–water partition coefficient (Wildman–Crippen LogP) is 8.44. The Labute approximate surface area is 502 Å². The van der Waals surface area contributed by atoms with Gasteiger partial charge in [0, 0.05) is 122 Å². The molecule has 2 unspecified atom stereocenters. The summed E-state index contributed by atoms with van der Waals surface area (Å²) in [4.78, 5) is 92.4. The normalized spacial score (nSPS) is 16.5. The van der Waals surface area contributed by atoms with Crippen LogP contribution in [-0.2, 0) is 67.5 Å². The molecule has 6 aromatic heterocycles. The summed E-state index contributed by atoms with van der Waals surface area (Å²) in [5, 5.41) is 13.3. The summed E-state index contributed by atoms with van der Waals surface area (Å²) in [6, 6.07) is 28.7. The number of carbonyl (C=O) groups excluding carboxylic acids is 5. The number of fused-ring (bicyclic) bond motifs is 2. The van der Waals surface area contributed by atoms with Crippen LogP contribution in [0.15, 0.2) is 134 Å². The number of aromatic nitrogens is 6. The highest BCUT2D eigenvalue weighted by molar-refractivity contribution is 8.07. The molecule has 8 heterocycles. The van der Waals surface area contributed by atoms with E-state index in [9.17, 15) is 37.5 Å². The van der Waals surface area contributed by atoms with Crippen LogP contribution in [0.5, 0.6) is 0 Å². The highest BCUT2D eigenvalue weighted by Gasteiger charge is 2.34. The molecule has 3 amide bonds. The summed E-state index contributed by atoms with van der Waals surface area (Å²) < 4.78 is 30.8. The Balaban J connectivity index is 0.000000243. The summed E-state index contributed by atoms with van der Waals surface area (Å²) in [5.41, 5.74) is 19.7. The van der Waals surface area contributed by atoms with Crippen molar-refractivity contribution in [2.24, 2.45) is 11.5 Å². The summed E-state index contributed by atoms with van der Waals surface area (Å²) in [6.45, 7) is 4.15. The van der Waals surface area contributed by atoms with Gasteiger partial charge in [-0.15, -0.1) is 12.4 Å². The van der Waals surface area contributed by atoms with Crippen molar-refractivity contribution in [3.05, 3.63) is 168 Å². The molecule has 2 fully saturated rings. The van der Waals surface area contributed by atoms with Crippen molar-refractivity contribution >= 4 is 105 Å². The number of carboxylic acids is 1. The summed E-state index contributed by atoms with van der Waals surface area (Å²) in [5.74, 6) is -2.54. The van der Waals surface area contributed by atoms with Crippen LogP contribution in [0.3, 0.4) is 0 Å². The number of nitrogens with two attached hydrogens (primary N) is 2. The van der Waals surface area contributed by atoms with Crippen molar-refractivity contribution < 1.29 is 42.7 Å². The average Bonchev–Trinajstić information content (AvgIpc) is 3.43. The Kier molecular flexibility index (Phi) is 25.2. The van der Waals surface area contributed by atoms with Crippen LogP contribution in [0, 0.1) is 13.8 Å². The van der Waals surface area contributed by atoms with Crippen molar-refractivity contribution in [1.29, 1.82) is 0 Å². The molecular formula is C60H65ClF2N10O7S3. The number of halogens is 3. The third kappa shape index (κ3) is 17.9. The lowest BCUT2D eigenvalue weighted by Gasteiger charge is -2.29. The van der Waals surface area contributed by atoms with E-state index >= 15 is 0 Å². The number of hydrogen-bond donors (Lipinski definition) is 4. The second-order valence-corrected chi connectivity index (χ2v) is 19.8. The van der Waals surface area contributed by atoms with E-state index in [2.05, 4.69) is 47.6 Å². The number of carbonyl (C=O) groups is 6. The van der Waals surface area contributed by atoms with E-state index in [0.717, 1.165) is 39.3 Å². The van der Waals surface area contributed by atoms with Gasteiger partial charge < -0.3 is 35.9 Å². The first-order valence-electron chi connectivity index (χ1n) is 26.3. The van der Waals surface area contributed by atoms with Gasteiger partial charge in [0.25, 0.3) is 11.8 Å². The third-order valence-corrected chi connectivity index (χ3v) is 14.0. The molecular weight excluding hydrogens is 1140 g/mol. The van der Waals surface area contributed by atoms with Gasteiger partial charge >= 0.3 is 5.97 Å². The molecule has 0 spiro atoms. The first-order valence-corrected chi connectivity index (χ1v) is 27.6. The van der Waals surface area contributed by atoms with Crippen molar-refractivity contribution in [1.82, 2.24) is 39.3 Å². The highest BCUT2D eigenvalue weighted by Crippen LogP contribution is 2.30. The molecule has 2 saturated heterocycles. The Hall–Kier alpha value is -7.76. The molecule has 0 bridgehead atoms. The van der Waals surface area contributed by atoms with Gasteiger partial charge in [-0.3, -0.25) is 48.7 Å². The Morgan fingerprint density at radius 1 is 0.627 bits per heavy atom. The maximum absolute atomic E-state index is 14.4. The molecule has 436 valence electrons. The standard InChI is InChI=1S/C30H30FN5O3.C16H13N3O3.C14H19FN2O.ClH.S2.H2S/c1-19-4-2-6-23(34-19)15-28(37)27-10-8-22(31)11-13-36(27)29(38)18-35-17-25(30(32)39)24-14-20(7-9-26(24)35)21-5-3-12-33-16-21;17-16(22)13-8-19(9-15(20)21)14-4-3-10(6-12(13)14)11-2-1-5-18-7-11;1-10-3-2-4-12(17-10)9-14(18)13-6-5-11(15)7-8-16-13;;1-2;/h2-7,9,12,14,16-17,22,27H,8,10-11,13,15,18H2,1H3,(H2,32,39);1-8H,9H2,(H2,17,22)(H,20,21);2-4,11,13,16H,5-9H2,1H3;1H;;1H2/t22?,27-;;11?,13-;;;/m0.0.../s1. The van der Waals surface area contributed by atoms with Gasteiger partial charge in [-0.2, -0.15) is 13.5 Å². The maximum Gasteiger partial charge on any atom is 0.323 e. The van der Waals surface area contributed by atoms with Gasteiger partial charge in [0.05, 0.1) is 36.1 Å². The fourth-order valence-electron chi connectivity index (χ4n) is 10.0. The van der Waals surface area contributed by atoms with E-state index in [-0.39, 0.29) is 94.7 Å². The van der Waals surface area contributed by atoms with Gasteiger partial charge in [-0.25, -0.2) is 8.78 Å². The summed E-state index contributed by atoms with van der Waals surface area (Å²) in [6.07, 6.45) is 10.6. The minimum Gasteiger partial charge on any atom is -0.480 e. The first kappa shape index (κ1) is 66.0. The van der Waals surface area contributed by atoms with Crippen LogP contribution in [-0.4, -0.2) is 112 Å². The molecule has 10 rings (SSSR count). The van der Waals surface area contributed by atoms with Crippen LogP contribution < -0.4 is 16.8 Å². The average molecular weight is 1210 g/mol. The Morgan fingerprint density at radius 3 is 1.60 bits per heavy atom. The van der Waals surface area contributed by atoms with Crippen LogP contribution in [0.4, 0.5) is 8.78 Å². The van der Waals surface area contributed by atoms with Crippen LogP contribution in [0.1, 0.15) is 82.0 Å². The summed E-state index contributed by atoms with van der Waals surface area (Å²) >= 11 is 7.33. The number of nitrogens with zero attached hydrogens (tertiary/aromatic N) is 7. The molecule has 17 nitrogen and oxygen atoms in total. The number of ketones is 2. The zero-order valence-electron chi connectivity index (χ0n) is 45.7. The number of aryl methyl sites for hydroxylation is 2. The molecule has 2 aliphatic rings. The molecule has 0 aliphatic carbocycles. The molecule has 8 aromatic rings. The van der Waals surface area contributed by atoms with Gasteiger partial charge in [-0.05, 0) is 131 Å². The quantitative estimate of drug-likeness (QED) is 0.0798. The number of alkyl halides is 2. The lowest BCUT2D eigenvalue weighted by Crippen LogP contribution is -2.46. The maximum atomic E-state index is 14.4. The molecule has 2 aromatic carbocycles. The lowest BCUT2D eigenvalue weighted by atomic mass is 10.0. The van der Waals surface area contributed by atoms with Crippen molar-refractivity contribution in [3.63, 3.8) is 0 Å². The van der Waals surface area contributed by atoms with Gasteiger partial charge in [0.15, 0.2) is 11.6 Å². The second kappa shape index (κ2) is 31.6. The van der Waals surface area contributed by atoms with Crippen molar-refractivity contribution in [2.45, 2.75) is 103 Å². The van der Waals surface area contributed by atoms with E-state index in [1.807, 2.05) is 98.8 Å². The van der Waals surface area contributed by atoms with E-state index < -0.39 is 36.2 Å². The van der Waals surface area contributed by atoms with E-state index in [4.69, 9.17) is 16.6 Å². The van der Waals surface area contributed by atoms with Crippen molar-refractivity contribution in [3.8, 4) is 22.3 Å². The van der Waals surface area contributed by atoms with E-state index in [1.165, 1.54) is 15.7 Å². The number of Topliss-reactive ketones (excluding diaryl/α,β-unsaturated/α-hetero) is 2. The number of hydrogen-bond acceptors (Lipinski definition) is 13. The van der Waals surface area contributed by atoms with Gasteiger partial charge in [0.2, 0.25) is 5.91 Å². The number of carboxylic acid groups (broad SMARTS) is 1. The molecule has 4 atom stereocenters. The van der Waals surface area contributed by atoms with Crippen molar-refractivity contribution in [2.75, 3.05) is 13.1 Å². The number of primary amides is 2.